The molecule has 2 unspecified atom stereocenters. The molecule has 8 nitrogen and oxygen atoms in total. The molecule has 0 aromatic carbocycles. The highest BCUT2D eigenvalue weighted by atomic mass is 16.5. The molecule has 2 atom stereocenters. The largest absolute Gasteiger partial charge is 0.481 e. The Kier molecular flexibility index (Phi) is 7.54. The minimum atomic E-state index is -1.14. The van der Waals surface area contributed by atoms with Gasteiger partial charge in [0.2, 0.25) is 5.91 Å². The lowest BCUT2D eigenvalue weighted by atomic mass is 9.85. The van der Waals surface area contributed by atoms with Crippen molar-refractivity contribution in [2.75, 3.05) is 13.1 Å². The SMILES string of the molecule is CC(C)OC(=O)CCC(CC(=O)C1(C)CCCN1C(=O)CN)C(=O)O. The molecule has 0 aliphatic carbocycles. The number of carbonyl (C=O) groups is 4. The Morgan fingerprint density at radius 3 is 2.44 bits per heavy atom. The van der Waals surface area contributed by atoms with E-state index >= 15 is 0 Å². The molecule has 8 heteroatoms. The summed E-state index contributed by atoms with van der Waals surface area (Å²) in [6, 6.07) is 0. The first-order chi connectivity index (χ1) is 11.6. The van der Waals surface area contributed by atoms with Crippen molar-refractivity contribution in [2.45, 2.75) is 64.5 Å². The van der Waals surface area contributed by atoms with Crippen molar-refractivity contribution < 1.29 is 29.0 Å². The Morgan fingerprint density at radius 2 is 1.92 bits per heavy atom. The maximum atomic E-state index is 12.7. The van der Waals surface area contributed by atoms with E-state index in [0.29, 0.717) is 19.4 Å². The van der Waals surface area contributed by atoms with Crippen molar-refractivity contribution in [3.05, 3.63) is 0 Å². The number of esters is 1. The molecule has 0 aromatic rings. The number of carboxylic acid groups (broad SMARTS) is 1. The maximum Gasteiger partial charge on any atom is 0.306 e. The number of ether oxygens (including phenoxy) is 1. The van der Waals surface area contributed by atoms with Crippen LogP contribution in [0.25, 0.3) is 0 Å². The first-order valence-electron chi connectivity index (χ1n) is 8.58. The van der Waals surface area contributed by atoms with Crippen molar-refractivity contribution in [1.29, 1.82) is 0 Å². The molecule has 0 spiro atoms. The summed E-state index contributed by atoms with van der Waals surface area (Å²) in [4.78, 5) is 49.2. The van der Waals surface area contributed by atoms with Crippen LogP contribution in [0.15, 0.2) is 0 Å². The van der Waals surface area contributed by atoms with Gasteiger partial charge in [-0.05, 0) is 40.0 Å². The van der Waals surface area contributed by atoms with Crippen LogP contribution < -0.4 is 5.73 Å². The zero-order chi connectivity index (χ0) is 19.2. The molecule has 1 aliphatic rings. The number of likely N-dealkylation sites (tertiary alicyclic amines) is 1. The van der Waals surface area contributed by atoms with Gasteiger partial charge in [-0.25, -0.2) is 0 Å². The van der Waals surface area contributed by atoms with Gasteiger partial charge >= 0.3 is 11.9 Å². The topological polar surface area (TPSA) is 127 Å². The van der Waals surface area contributed by atoms with Gasteiger partial charge in [-0.1, -0.05) is 0 Å². The highest BCUT2D eigenvalue weighted by Gasteiger charge is 2.45. The number of hydrogen-bond acceptors (Lipinski definition) is 6. The number of ketones is 1. The van der Waals surface area contributed by atoms with E-state index in [4.69, 9.17) is 10.5 Å². The number of rotatable bonds is 9. The number of amides is 1. The van der Waals surface area contributed by atoms with Gasteiger partial charge < -0.3 is 20.5 Å². The fraction of sp³-hybridized carbons (Fsp3) is 0.765. The van der Waals surface area contributed by atoms with Crippen LogP contribution in [0.2, 0.25) is 0 Å². The third-order valence-electron chi connectivity index (χ3n) is 4.56. The summed E-state index contributed by atoms with van der Waals surface area (Å²) in [5.41, 5.74) is 4.37. The van der Waals surface area contributed by atoms with Gasteiger partial charge in [0, 0.05) is 19.4 Å². The van der Waals surface area contributed by atoms with E-state index in [-0.39, 0.29) is 43.6 Å². The van der Waals surface area contributed by atoms with Gasteiger partial charge in [0.25, 0.3) is 0 Å². The molecule has 0 saturated carbocycles. The first-order valence-corrected chi connectivity index (χ1v) is 8.58. The van der Waals surface area contributed by atoms with Gasteiger partial charge in [-0.15, -0.1) is 0 Å². The lowest BCUT2D eigenvalue weighted by Crippen LogP contribution is -2.53. The van der Waals surface area contributed by atoms with E-state index in [9.17, 15) is 24.3 Å². The predicted octanol–water partition coefficient (Wildman–Crippen LogP) is 0.718. The zero-order valence-corrected chi connectivity index (χ0v) is 15.1. The van der Waals surface area contributed by atoms with Crippen molar-refractivity contribution >= 4 is 23.6 Å². The normalized spacial score (nSPS) is 21.2. The highest BCUT2D eigenvalue weighted by molar-refractivity contribution is 5.95. The number of nitrogens with zero attached hydrogens (tertiary/aromatic N) is 1. The van der Waals surface area contributed by atoms with E-state index in [1.165, 1.54) is 4.90 Å². The number of hydrogen-bond donors (Lipinski definition) is 2. The molecule has 0 aromatic heterocycles. The van der Waals surface area contributed by atoms with Crippen molar-refractivity contribution in [3.8, 4) is 0 Å². The number of aliphatic carboxylic acids is 1. The Bertz CT molecular complexity index is 533. The van der Waals surface area contributed by atoms with Gasteiger partial charge in [0.1, 0.15) is 0 Å². The molecule has 1 rings (SSSR count). The number of carbonyl (C=O) groups excluding carboxylic acids is 3. The molecule has 0 radical (unpaired) electrons. The van der Waals surface area contributed by atoms with Crippen molar-refractivity contribution in [3.63, 3.8) is 0 Å². The minimum Gasteiger partial charge on any atom is -0.481 e. The third-order valence-corrected chi connectivity index (χ3v) is 4.56. The highest BCUT2D eigenvalue weighted by Crippen LogP contribution is 2.32. The smallest absolute Gasteiger partial charge is 0.306 e. The van der Waals surface area contributed by atoms with E-state index in [1.807, 2.05) is 0 Å². The number of nitrogens with two attached hydrogens (primary N) is 1. The lowest BCUT2D eigenvalue weighted by Gasteiger charge is -2.34. The summed E-state index contributed by atoms with van der Waals surface area (Å²) < 4.78 is 4.98. The lowest BCUT2D eigenvalue weighted by molar-refractivity contribution is -0.150. The van der Waals surface area contributed by atoms with Gasteiger partial charge in [-0.3, -0.25) is 19.2 Å². The third kappa shape index (κ3) is 5.52. The second-order valence-corrected chi connectivity index (χ2v) is 6.87. The summed E-state index contributed by atoms with van der Waals surface area (Å²) in [7, 11) is 0. The van der Waals surface area contributed by atoms with Crippen LogP contribution in [0.1, 0.15) is 52.9 Å². The molecule has 3 N–H and O–H groups in total. The molecule has 1 heterocycles. The molecule has 1 fully saturated rings. The average Bonchev–Trinajstić information content (AvgIpc) is 2.92. The Labute approximate surface area is 147 Å². The minimum absolute atomic E-state index is 0.0214. The summed E-state index contributed by atoms with van der Waals surface area (Å²) in [6.45, 7) is 5.32. The van der Waals surface area contributed by atoms with Gasteiger partial charge in [-0.2, -0.15) is 0 Å². The summed E-state index contributed by atoms with van der Waals surface area (Å²) in [5, 5.41) is 9.36. The fourth-order valence-corrected chi connectivity index (χ4v) is 3.13. The Morgan fingerprint density at radius 1 is 1.28 bits per heavy atom. The Balaban J connectivity index is 2.74. The van der Waals surface area contributed by atoms with Crippen LogP contribution in [0.5, 0.6) is 0 Å². The Hall–Kier alpha value is -1.96. The van der Waals surface area contributed by atoms with Gasteiger partial charge in [0.15, 0.2) is 5.78 Å². The second kappa shape index (κ2) is 8.94. The molecule has 0 bridgehead atoms. The van der Waals surface area contributed by atoms with Crippen LogP contribution in [0, 0.1) is 5.92 Å². The molecular weight excluding hydrogens is 328 g/mol. The molecular formula is C17H28N2O6. The van der Waals surface area contributed by atoms with Crippen LogP contribution in [0.3, 0.4) is 0 Å². The summed E-state index contributed by atoms with van der Waals surface area (Å²) >= 11 is 0. The van der Waals surface area contributed by atoms with Crippen molar-refractivity contribution in [2.24, 2.45) is 11.7 Å². The van der Waals surface area contributed by atoms with Crippen LogP contribution in [-0.4, -0.2) is 58.4 Å². The van der Waals surface area contributed by atoms with Crippen LogP contribution in [-0.2, 0) is 23.9 Å². The molecule has 1 saturated heterocycles. The number of Topliss-reactive ketones (excluding diaryl/α,β-unsaturated/α-hetero) is 1. The molecule has 142 valence electrons. The summed E-state index contributed by atoms with van der Waals surface area (Å²) in [6.07, 6.45) is 0.615. The monoisotopic (exact) mass is 356 g/mol. The molecule has 25 heavy (non-hydrogen) atoms. The maximum absolute atomic E-state index is 12.7. The van der Waals surface area contributed by atoms with Gasteiger partial charge in [0.05, 0.1) is 24.1 Å². The van der Waals surface area contributed by atoms with E-state index in [0.717, 1.165) is 0 Å². The number of carboxylic acids is 1. The van der Waals surface area contributed by atoms with Crippen LogP contribution >= 0.6 is 0 Å². The molecule has 1 aliphatic heterocycles. The molecule has 1 amide bonds. The van der Waals surface area contributed by atoms with E-state index < -0.39 is 23.4 Å². The fourth-order valence-electron chi connectivity index (χ4n) is 3.13. The second-order valence-electron chi connectivity index (χ2n) is 6.87. The predicted molar refractivity (Wildman–Crippen MR) is 89.6 cm³/mol. The van der Waals surface area contributed by atoms with Crippen LogP contribution in [0.4, 0.5) is 0 Å². The standard InChI is InChI=1S/C17H28N2O6/c1-11(2)25-15(22)6-5-12(16(23)24)9-13(20)17(3)7-4-8-19(17)14(21)10-18/h11-12H,4-10,18H2,1-3H3,(H,23,24). The van der Waals surface area contributed by atoms with Crippen molar-refractivity contribution in [1.82, 2.24) is 4.90 Å². The average molecular weight is 356 g/mol. The summed E-state index contributed by atoms with van der Waals surface area (Å²) in [5.74, 6) is -3.23. The van der Waals surface area contributed by atoms with E-state index in [2.05, 4.69) is 0 Å². The van der Waals surface area contributed by atoms with E-state index in [1.54, 1.807) is 20.8 Å². The quantitative estimate of drug-likeness (QED) is 0.583. The first kappa shape index (κ1) is 21.1. The zero-order valence-electron chi connectivity index (χ0n) is 15.1.